The Kier molecular flexibility index (Phi) is 5.74. The maximum Gasteiger partial charge on any atom is 0.315 e. The number of hydrogen-bond donors (Lipinski definition) is 2. The zero-order valence-electron chi connectivity index (χ0n) is 14.1. The summed E-state index contributed by atoms with van der Waals surface area (Å²) < 4.78 is 0. The van der Waals surface area contributed by atoms with Crippen LogP contribution in [0.1, 0.15) is 29.8 Å². The first-order valence-corrected chi connectivity index (χ1v) is 7.67. The van der Waals surface area contributed by atoms with E-state index in [0.717, 1.165) is 17.1 Å². The highest BCUT2D eigenvalue weighted by atomic mass is 16.2. The summed E-state index contributed by atoms with van der Waals surface area (Å²) in [5, 5.41) is 14.5. The van der Waals surface area contributed by atoms with Gasteiger partial charge in [0.15, 0.2) is 0 Å². The van der Waals surface area contributed by atoms with Gasteiger partial charge in [0.05, 0.1) is 29.9 Å². The molecule has 0 radical (unpaired) electrons. The van der Waals surface area contributed by atoms with Crippen LogP contribution in [0.3, 0.4) is 0 Å². The lowest BCUT2D eigenvalue weighted by molar-refractivity contribution is 0.237. The average Bonchev–Trinajstić information content (AvgIpc) is 2.60. The molecule has 0 unspecified atom stereocenters. The van der Waals surface area contributed by atoms with Crippen LogP contribution in [0, 0.1) is 11.3 Å². The van der Waals surface area contributed by atoms with E-state index < -0.39 is 0 Å². The molecule has 0 bridgehead atoms. The van der Waals surface area contributed by atoms with Gasteiger partial charge < -0.3 is 15.5 Å². The van der Waals surface area contributed by atoms with Crippen molar-refractivity contribution in [2.75, 3.05) is 19.0 Å². The van der Waals surface area contributed by atoms with E-state index in [9.17, 15) is 4.79 Å². The molecule has 6 nitrogen and oxygen atoms in total. The fourth-order valence-corrected chi connectivity index (χ4v) is 2.16. The number of hydrogen-bond acceptors (Lipinski definition) is 4. The first-order valence-electron chi connectivity index (χ1n) is 7.67. The number of amides is 2. The molecule has 0 spiro atoms. The van der Waals surface area contributed by atoms with Gasteiger partial charge >= 0.3 is 6.03 Å². The molecule has 1 aromatic heterocycles. The zero-order valence-corrected chi connectivity index (χ0v) is 14.1. The number of carbonyl (C=O) groups is 1. The summed E-state index contributed by atoms with van der Waals surface area (Å²) in [5.74, 6) is 0.848. The number of nitriles is 1. The molecule has 1 aromatic carbocycles. The Morgan fingerprint density at radius 3 is 2.58 bits per heavy atom. The quantitative estimate of drug-likeness (QED) is 0.886. The molecule has 24 heavy (non-hydrogen) atoms. The van der Waals surface area contributed by atoms with Crippen LogP contribution in [0.4, 0.5) is 10.6 Å². The van der Waals surface area contributed by atoms with Crippen LogP contribution in [0.15, 0.2) is 42.5 Å². The molecular formula is C18H21N5O. The van der Waals surface area contributed by atoms with Crippen molar-refractivity contribution < 1.29 is 4.79 Å². The third kappa shape index (κ3) is 4.71. The molecule has 0 aliphatic rings. The van der Waals surface area contributed by atoms with Gasteiger partial charge in [-0.1, -0.05) is 18.2 Å². The third-order valence-corrected chi connectivity index (χ3v) is 3.57. The van der Waals surface area contributed by atoms with E-state index in [1.54, 1.807) is 12.1 Å². The van der Waals surface area contributed by atoms with Gasteiger partial charge in [-0.05, 0) is 36.8 Å². The Balaban J connectivity index is 1.88. The number of carbonyl (C=O) groups excluding carboxylic acids is 1. The Bertz CT molecular complexity index is 734. The lowest BCUT2D eigenvalue weighted by Gasteiger charge is -2.16. The van der Waals surface area contributed by atoms with Crippen molar-refractivity contribution >= 4 is 11.8 Å². The lowest BCUT2D eigenvalue weighted by Crippen LogP contribution is -2.36. The number of anilines is 1. The second-order valence-electron chi connectivity index (χ2n) is 5.66. The van der Waals surface area contributed by atoms with Crippen molar-refractivity contribution in [3.8, 4) is 6.07 Å². The van der Waals surface area contributed by atoms with E-state index >= 15 is 0 Å². The van der Waals surface area contributed by atoms with E-state index in [-0.39, 0.29) is 12.1 Å². The minimum atomic E-state index is -0.260. The van der Waals surface area contributed by atoms with E-state index in [4.69, 9.17) is 5.26 Å². The van der Waals surface area contributed by atoms with E-state index in [1.165, 1.54) is 0 Å². The minimum Gasteiger partial charge on any atom is -0.363 e. The normalized spacial score (nSPS) is 11.2. The summed E-state index contributed by atoms with van der Waals surface area (Å²) in [7, 11) is 3.84. The first kappa shape index (κ1) is 17.3. The Labute approximate surface area is 142 Å². The molecule has 2 amide bonds. The molecule has 1 atom stereocenters. The minimum absolute atomic E-state index is 0.154. The topological polar surface area (TPSA) is 81.1 Å². The van der Waals surface area contributed by atoms with Gasteiger partial charge in [-0.15, -0.1) is 0 Å². The molecule has 0 aliphatic carbocycles. The molecule has 0 saturated carbocycles. The van der Waals surface area contributed by atoms with Crippen LogP contribution < -0.4 is 15.5 Å². The monoisotopic (exact) mass is 323 g/mol. The molecule has 124 valence electrons. The summed E-state index contributed by atoms with van der Waals surface area (Å²) in [5.41, 5.74) is 2.33. The number of benzene rings is 1. The summed E-state index contributed by atoms with van der Waals surface area (Å²) in [6.45, 7) is 2.25. The molecule has 2 rings (SSSR count). The number of nitrogens with zero attached hydrogens (tertiary/aromatic N) is 3. The predicted octanol–water partition coefficient (Wildman–Crippen LogP) is 2.58. The molecule has 6 heteroatoms. The van der Waals surface area contributed by atoms with Crippen LogP contribution in [0.5, 0.6) is 0 Å². The van der Waals surface area contributed by atoms with Crippen LogP contribution in [0.2, 0.25) is 0 Å². The largest absolute Gasteiger partial charge is 0.363 e. The summed E-state index contributed by atoms with van der Waals surface area (Å²) in [6, 6.07) is 14.5. The van der Waals surface area contributed by atoms with Gasteiger partial charge in [0, 0.05) is 14.1 Å². The standard InChI is InChI=1S/C18H21N5O/c1-13(15-9-7-14(11-19)8-10-15)21-18(24)20-12-16-5-4-6-17(22-16)23(2)3/h4-10,13H,12H2,1-3H3,(H2,20,21,24)/t13-/m0/s1. The van der Waals surface area contributed by atoms with Crippen LogP contribution in [-0.2, 0) is 6.54 Å². The van der Waals surface area contributed by atoms with Gasteiger partial charge in [-0.2, -0.15) is 5.26 Å². The summed E-state index contributed by atoms with van der Waals surface area (Å²) >= 11 is 0. The first-order chi connectivity index (χ1) is 11.5. The van der Waals surface area contributed by atoms with Gasteiger partial charge in [-0.3, -0.25) is 0 Å². The highest BCUT2D eigenvalue weighted by Gasteiger charge is 2.09. The number of urea groups is 1. The van der Waals surface area contributed by atoms with Crippen LogP contribution >= 0.6 is 0 Å². The Morgan fingerprint density at radius 1 is 1.25 bits per heavy atom. The number of nitrogens with one attached hydrogen (secondary N) is 2. The highest BCUT2D eigenvalue weighted by molar-refractivity contribution is 5.74. The highest BCUT2D eigenvalue weighted by Crippen LogP contribution is 2.13. The predicted molar refractivity (Wildman–Crippen MR) is 93.5 cm³/mol. The second kappa shape index (κ2) is 7.97. The fraction of sp³-hybridized carbons (Fsp3) is 0.278. The van der Waals surface area contributed by atoms with Crippen molar-refractivity contribution in [3.05, 3.63) is 59.3 Å². The maximum absolute atomic E-state index is 12.0. The van der Waals surface area contributed by atoms with Gasteiger partial charge in [-0.25, -0.2) is 9.78 Å². The van der Waals surface area contributed by atoms with Crippen LogP contribution in [-0.4, -0.2) is 25.1 Å². The van der Waals surface area contributed by atoms with Gasteiger partial charge in [0.25, 0.3) is 0 Å². The molecule has 0 fully saturated rings. The van der Waals surface area contributed by atoms with Crippen molar-refractivity contribution in [3.63, 3.8) is 0 Å². The molecule has 0 saturated heterocycles. The molecule has 2 aromatic rings. The van der Waals surface area contributed by atoms with E-state index in [1.807, 2.05) is 56.3 Å². The summed E-state index contributed by atoms with van der Waals surface area (Å²) in [4.78, 5) is 18.4. The maximum atomic E-state index is 12.0. The number of pyridine rings is 1. The van der Waals surface area contributed by atoms with Crippen molar-refractivity contribution in [1.29, 1.82) is 5.26 Å². The zero-order chi connectivity index (χ0) is 17.5. The number of aromatic nitrogens is 1. The molecule has 0 aliphatic heterocycles. The lowest BCUT2D eigenvalue weighted by atomic mass is 10.1. The second-order valence-corrected chi connectivity index (χ2v) is 5.66. The van der Waals surface area contributed by atoms with Crippen molar-refractivity contribution in [2.24, 2.45) is 0 Å². The van der Waals surface area contributed by atoms with E-state index in [2.05, 4.69) is 21.7 Å². The molecule has 2 N–H and O–H groups in total. The van der Waals surface area contributed by atoms with E-state index in [0.29, 0.717) is 12.1 Å². The summed E-state index contributed by atoms with van der Waals surface area (Å²) in [6.07, 6.45) is 0. The average molecular weight is 323 g/mol. The fourth-order valence-electron chi connectivity index (χ4n) is 2.16. The number of rotatable bonds is 5. The van der Waals surface area contributed by atoms with Crippen LogP contribution in [0.25, 0.3) is 0 Å². The molecular weight excluding hydrogens is 302 g/mol. The Hall–Kier alpha value is -3.07. The van der Waals surface area contributed by atoms with Crippen molar-refractivity contribution in [2.45, 2.75) is 19.5 Å². The van der Waals surface area contributed by atoms with Gasteiger partial charge in [0.1, 0.15) is 5.82 Å². The SMILES string of the molecule is C[C@H](NC(=O)NCc1cccc(N(C)C)n1)c1ccc(C#N)cc1. The third-order valence-electron chi connectivity index (χ3n) is 3.57. The molecule has 1 heterocycles. The van der Waals surface area contributed by atoms with Crippen molar-refractivity contribution in [1.82, 2.24) is 15.6 Å². The Morgan fingerprint density at radius 2 is 1.96 bits per heavy atom. The van der Waals surface area contributed by atoms with Gasteiger partial charge in [0.2, 0.25) is 0 Å². The smallest absolute Gasteiger partial charge is 0.315 e.